The Morgan fingerprint density at radius 3 is 1.79 bits per heavy atom. The largest absolute Gasteiger partial charge is 0.502 e. The molecule has 0 radical (unpaired) electrons. The Kier molecular flexibility index (Phi) is 19.8. The molecule has 0 aromatic carbocycles. The summed E-state index contributed by atoms with van der Waals surface area (Å²) >= 11 is 0. The van der Waals surface area contributed by atoms with Gasteiger partial charge in [0.25, 0.3) is 0 Å². The zero-order valence-electron chi connectivity index (χ0n) is 8.52. The van der Waals surface area contributed by atoms with E-state index in [9.17, 15) is 0 Å². The van der Waals surface area contributed by atoms with Gasteiger partial charge in [0.1, 0.15) is 6.61 Å². The fraction of sp³-hybridized carbons (Fsp3) is 0.600. The van der Waals surface area contributed by atoms with Crippen LogP contribution in [0.1, 0.15) is 12.8 Å². The van der Waals surface area contributed by atoms with E-state index in [0.29, 0.717) is 13.2 Å². The summed E-state index contributed by atoms with van der Waals surface area (Å²) in [6.07, 6.45) is 4.43. The molecule has 0 saturated carbocycles. The lowest BCUT2D eigenvalue weighted by Gasteiger charge is -1.95. The highest BCUT2D eigenvalue weighted by Gasteiger charge is 1.82. The molecule has 14 heavy (non-hydrogen) atoms. The minimum absolute atomic E-state index is 0.0615. The molecular formula is C10H20O4. The van der Waals surface area contributed by atoms with Gasteiger partial charge in [-0.05, 0) is 12.8 Å². The van der Waals surface area contributed by atoms with Crippen molar-refractivity contribution >= 4 is 0 Å². The number of hydrogen-bond acceptors (Lipinski definition) is 4. The van der Waals surface area contributed by atoms with Crippen molar-refractivity contribution in [2.75, 3.05) is 26.4 Å². The van der Waals surface area contributed by atoms with Crippen LogP contribution >= 0.6 is 0 Å². The third-order valence-electron chi connectivity index (χ3n) is 1.12. The molecule has 0 aliphatic carbocycles. The lowest BCUT2D eigenvalue weighted by atomic mass is 10.3. The van der Waals surface area contributed by atoms with E-state index in [2.05, 4.69) is 17.9 Å². The van der Waals surface area contributed by atoms with Crippen molar-refractivity contribution in [3.8, 4) is 0 Å². The van der Waals surface area contributed by atoms with Gasteiger partial charge in [0, 0.05) is 6.61 Å². The van der Waals surface area contributed by atoms with Crippen LogP contribution in [0.25, 0.3) is 0 Å². The molecule has 4 heteroatoms. The van der Waals surface area contributed by atoms with E-state index in [1.54, 1.807) is 0 Å². The number of hydrogen-bond donors (Lipinski definition) is 2. The Hall–Kier alpha value is -1.00. The molecule has 0 aliphatic rings. The van der Waals surface area contributed by atoms with Crippen LogP contribution < -0.4 is 0 Å². The summed E-state index contributed by atoms with van der Waals surface area (Å²) < 4.78 is 9.28. The molecule has 0 spiro atoms. The van der Waals surface area contributed by atoms with Crippen LogP contribution in [0.2, 0.25) is 0 Å². The predicted octanol–water partition coefficient (Wildman–Crippen LogP) is 1.06. The number of unbranched alkanes of at least 4 members (excludes halogenated alkanes) is 1. The molecule has 0 atom stereocenters. The van der Waals surface area contributed by atoms with Crippen LogP contribution in [0, 0.1) is 0 Å². The van der Waals surface area contributed by atoms with Crippen molar-refractivity contribution in [3.05, 3.63) is 25.7 Å². The first-order valence-corrected chi connectivity index (χ1v) is 4.50. The summed E-state index contributed by atoms with van der Waals surface area (Å²) in [7, 11) is 0. The smallest absolute Gasteiger partial charge is 0.110 e. The fourth-order valence-corrected chi connectivity index (χ4v) is 0.517. The maximum atomic E-state index is 8.28. The van der Waals surface area contributed by atoms with Gasteiger partial charge in [0.15, 0.2) is 0 Å². The molecule has 2 N–H and O–H groups in total. The van der Waals surface area contributed by atoms with Gasteiger partial charge in [-0.25, -0.2) is 0 Å². The second-order valence-electron chi connectivity index (χ2n) is 2.23. The van der Waals surface area contributed by atoms with Gasteiger partial charge >= 0.3 is 0 Å². The number of rotatable bonds is 8. The van der Waals surface area contributed by atoms with Crippen molar-refractivity contribution in [2.45, 2.75) is 12.8 Å². The molecule has 0 bridgehead atoms. The lowest BCUT2D eigenvalue weighted by Crippen LogP contribution is -1.90. The second-order valence-corrected chi connectivity index (χ2v) is 2.23. The Morgan fingerprint density at radius 2 is 1.43 bits per heavy atom. The van der Waals surface area contributed by atoms with Gasteiger partial charge in [-0.2, -0.15) is 0 Å². The number of aliphatic hydroxyl groups is 2. The van der Waals surface area contributed by atoms with Gasteiger partial charge < -0.3 is 19.7 Å². The molecule has 0 unspecified atom stereocenters. The molecule has 84 valence electrons. The van der Waals surface area contributed by atoms with Crippen LogP contribution in [0.4, 0.5) is 0 Å². The SMILES string of the molecule is C=COCCCCO.C=COCCO. The van der Waals surface area contributed by atoms with E-state index in [4.69, 9.17) is 14.9 Å². The van der Waals surface area contributed by atoms with E-state index in [0.717, 1.165) is 12.8 Å². The summed E-state index contributed by atoms with van der Waals surface area (Å²) in [5.74, 6) is 0. The van der Waals surface area contributed by atoms with Crippen molar-refractivity contribution in [1.29, 1.82) is 0 Å². The molecule has 0 amide bonds. The molecule has 0 heterocycles. The minimum atomic E-state index is 0.0615. The van der Waals surface area contributed by atoms with Gasteiger partial charge in [-0.1, -0.05) is 13.2 Å². The van der Waals surface area contributed by atoms with Crippen molar-refractivity contribution < 1.29 is 19.7 Å². The topological polar surface area (TPSA) is 58.9 Å². The second kappa shape index (κ2) is 17.9. The Balaban J connectivity index is 0. The van der Waals surface area contributed by atoms with E-state index in [1.165, 1.54) is 12.5 Å². The first kappa shape index (κ1) is 15.5. The summed E-state index contributed by atoms with van der Waals surface area (Å²) in [4.78, 5) is 0. The third-order valence-corrected chi connectivity index (χ3v) is 1.12. The van der Waals surface area contributed by atoms with Gasteiger partial charge in [0.2, 0.25) is 0 Å². The molecule has 0 saturated heterocycles. The fourth-order valence-electron chi connectivity index (χ4n) is 0.517. The molecule has 0 fully saturated rings. The number of aliphatic hydroxyl groups excluding tert-OH is 2. The van der Waals surface area contributed by atoms with Crippen molar-refractivity contribution in [1.82, 2.24) is 0 Å². The van der Waals surface area contributed by atoms with E-state index < -0.39 is 0 Å². The maximum absolute atomic E-state index is 8.28. The summed E-state index contributed by atoms with van der Waals surface area (Å²) in [6.45, 7) is 7.97. The maximum Gasteiger partial charge on any atom is 0.110 e. The zero-order valence-corrected chi connectivity index (χ0v) is 8.52. The average molecular weight is 204 g/mol. The first-order chi connectivity index (χ1) is 6.83. The number of ether oxygens (including phenoxy) is 2. The van der Waals surface area contributed by atoms with Crippen LogP contribution in [-0.2, 0) is 9.47 Å². The van der Waals surface area contributed by atoms with Crippen LogP contribution in [0.15, 0.2) is 25.7 Å². The monoisotopic (exact) mass is 204 g/mol. The first-order valence-electron chi connectivity index (χ1n) is 4.50. The molecule has 4 nitrogen and oxygen atoms in total. The molecular weight excluding hydrogens is 184 g/mol. The Morgan fingerprint density at radius 1 is 0.857 bits per heavy atom. The van der Waals surface area contributed by atoms with E-state index in [-0.39, 0.29) is 13.2 Å². The normalized spacial score (nSPS) is 8.14. The van der Waals surface area contributed by atoms with Crippen LogP contribution in [0.3, 0.4) is 0 Å². The third kappa shape index (κ3) is 22.4. The molecule has 0 aromatic heterocycles. The Labute approximate surface area is 85.5 Å². The average Bonchev–Trinajstić information content (AvgIpc) is 2.22. The zero-order chi connectivity index (χ0) is 11.1. The standard InChI is InChI=1S/C6H12O2.C4H8O2/c1-2-8-6-4-3-5-7;1-2-6-4-3-5/h2,7H,1,3-6H2;2,5H,1,3-4H2. The highest BCUT2D eigenvalue weighted by Crippen LogP contribution is 1.87. The predicted molar refractivity (Wildman–Crippen MR) is 55.7 cm³/mol. The van der Waals surface area contributed by atoms with Crippen molar-refractivity contribution in [2.24, 2.45) is 0 Å². The minimum Gasteiger partial charge on any atom is -0.502 e. The summed E-state index contributed by atoms with van der Waals surface area (Å²) in [6, 6.07) is 0. The van der Waals surface area contributed by atoms with Crippen LogP contribution in [-0.4, -0.2) is 36.6 Å². The quantitative estimate of drug-likeness (QED) is 0.458. The van der Waals surface area contributed by atoms with Crippen molar-refractivity contribution in [3.63, 3.8) is 0 Å². The lowest BCUT2D eigenvalue weighted by molar-refractivity contribution is 0.166. The van der Waals surface area contributed by atoms with Gasteiger partial charge in [-0.15, -0.1) is 0 Å². The van der Waals surface area contributed by atoms with Gasteiger partial charge in [0.05, 0.1) is 25.7 Å². The highest BCUT2D eigenvalue weighted by atomic mass is 16.5. The van der Waals surface area contributed by atoms with E-state index in [1.807, 2.05) is 0 Å². The summed E-state index contributed by atoms with van der Waals surface area (Å²) in [5.41, 5.74) is 0. The summed E-state index contributed by atoms with van der Waals surface area (Å²) in [5, 5.41) is 16.3. The molecule has 0 aliphatic heterocycles. The van der Waals surface area contributed by atoms with Crippen LogP contribution in [0.5, 0.6) is 0 Å². The Bertz CT molecular complexity index is 115. The molecule has 0 aromatic rings. The van der Waals surface area contributed by atoms with Gasteiger partial charge in [-0.3, -0.25) is 0 Å². The van der Waals surface area contributed by atoms with E-state index >= 15 is 0 Å². The molecule has 0 rings (SSSR count). The highest BCUT2D eigenvalue weighted by molar-refractivity contribution is 4.48.